The minimum atomic E-state index is -4.52. The van der Waals surface area contributed by atoms with E-state index in [-0.39, 0.29) is 16.4 Å². The monoisotopic (exact) mass is 363 g/mol. The zero-order valence-electron chi connectivity index (χ0n) is 11.4. The van der Waals surface area contributed by atoms with Crippen molar-refractivity contribution in [1.82, 2.24) is 5.32 Å². The molecule has 1 aromatic rings. The standard InChI is InChI=1S/C15H17BrF3NO/c16-12-8-2-1-3-9-13(12)20-14(21)10-6-4-5-7-11(10)15(17,18)19/h4-7,12-13H,1-3,8-9H2,(H,20,21). The van der Waals surface area contributed by atoms with Crippen LogP contribution in [0.5, 0.6) is 0 Å². The summed E-state index contributed by atoms with van der Waals surface area (Å²) >= 11 is 3.53. The van der Waals surface area contributed by atoms with Crippen molar-refractivity contribution in [3.8, 4) is 0 Å². The molecule has 1 aromatic carbocycles. The first-order valence-electron chi connectivity index (χ1n) is 7.01. The van der Waals surface area contributed by atoms with Crippen molar-refractivity contribution in [2.75, 3.05) is 0 Å². The predicted molar refractivity (Wildman–Crippen MR) is 78.5 cm³/mol. The maximum absolute atomic E-state index is 12.9. The maximum Gasteiger partial charge on any atom is 0.417 e. The Labute approximate surface area is 130 Å². The van der Waals surface area contributed by atoms with Gasteiger partial charge in [0.2, 0.25) is 0 Å². The Bertz CT molecular complexity index is 504. The minimum absolute atomic E-state index is 0.113. The summed E-state index contributed by atoms with van der Waals surface area (Å²) in [5.41, 5.74) is -1.20. The van der Waals surface area contributed by atoms with E-state index in [1.165, 1.54) is 18.2 Å². The predicted octanol–water partition coefficient (Wildman–Crippen LogP) is 4.53. The molecule has 0 heterocycles. The first kappa shape index (κ1) is 16.3. The molecule has 2 atom stereocenters. The molecule has 1 N–H and O–H groups in total. The van der Waals surface area contributed by atoms with Crippen molar-refractivity contribution in [3.63, 3.8) is 0 Å². The van der Waals surface area contributed by atoms with Crippen LogP contribution in [-0.2, 0) is 6.18 Å². The van der Waals surface area contributed by atoms with Crippen LogP contribution in [0.25, 0.3) is 0 Å². The summed E-state index contributed by atoms with van der Waals surface area (Å²) in [6.45, 7) is 0. The molecule has 6 heteroatoms. The number of carbonyl (C=O) groups excluding carboxylic acids is 1. The van der Waals surface area contributed by atoms with Gasteiger partial charge in [0.1, 0.15) is 0 Å². The van der Waals surface area contributed by atoms with Gasteiger partial charge in [0.25, 0.3) is 5.91 Å². The average Bonchev–Trinajstić information content (AvgIpc) is 2.63. The Balaban J connectivity index is 2.17. The number of benzene rings is 1. The van der Waals surface area contributed by atoms with Gasteiger partial charge in [0.05, 0.1) is 11.1 Å². The van der Waals surface area contributed by atoms with E-state index in [1.54, 1.807) is 0 Å². The summed E-state index contributed by atoms with van der Waals surface area (Å²) in [7, 11) is 0. The first-order chi connectivity index (χ1) is 9.89. The lowest BCUT2D eigenvalue weighted by molar-refractivity contribution is -0.137. The molecule has 1 aliphatic carbocycles. The van der Waals surface area contributed by atoms with Crippen molar-refractivity contribution in [2.45, 2.75) is 49.1 Å². The molecule has 0 aromatic heterocycles. The zero-order valence-corrected chi connectivity index (χ0v) is 13.0. The lowest BCUT2D eigenvalue weighted by atomic mass is 10.0. The molecule has 0 radical (unpaired) electrons. The largest absolute Gasteiger partial charge is 0.417 e. The highest BCUT2D eigenvalue weighted by molar-refractivity contribution is 9.09. The second-order valence-corrected chi connectivity index (χ2v) is 6.45. The van der Waals surface area contributed by atoms with Crippen LogP contribution in [0, 0.1) is 0 Å². The third-order valence-electron chi connectivity index (χ3n) is 3.73. The summed E-state index contributed by atoms with van der Waals surface area (Å²) in [6, 6.07) is 4.77. The van der Waals surface area contributed by atoms with E-state index in [2.05, 4.69) is 21.2 Å². The second-order valence-electron chi connectivity index (χ2n) is 5.28. The minimum Gasteiger partial charge on any atom is -0.348 e. The molecular formula is C15H17BrF3NO. The molecule has 1 fully saturated rings. The maximum atomic E-state index is 12.9. The average molecular weight is 364 g/mol. The van der Waals surface area contributed by atoms with Crippen LogP contribution in [0.4, 0.5) is 13.2 Å². The van der Waals surface area contributed by atoms with Gasteiger partial charge < -0.3 is 5.32 Å². The molecule has 2 rings (SSSR count). The van der Waals surface area contributed by atoms with Gasteiger partial charge in [-0.25, -0.2) is 0 Å². The van der Waals surface area contributed by atoms with E-state index in [9.17, 15) is 18.0 Å². The van der Waals surface area contributed by atoms with Crippen molar-refractivity contribution in [3.05, 3.63) is 35.4 Å². The van der Waals surface area contributed by atoms with Crippen LogP contribution >= 0.6 is 15.9 Å². The number of hydrogen-bond acceptors (Lipinski definition) is 1. The Morgan fingerprint density at radius 1 is 1.14 bits per heavy atom. The third kappa shape index (κ3) is 4.22. The van der Waals surface area contributed by atoms with Gasteiger partial charge in [-0.2, -0.15) is 13.2 Å². The van der Waals surface area contributed by atoms with Crippen molar-refractivity contribution in [1.29, 1.82) is 0 Å². The van der Waals surface area contributed by atoms with Crippen molar-refractivity contribution in [2.24, 2.45) is 0 Å². The Morgan fingerprint density at radius 2 is 1.81 bits per heavy atom. The van der Waals surface area contributed by atoms with Crippen LogP contribution in [0.1, 0.15) is 48.0 Å². The molecule has 0 bridgehead atoms. The van der Waals surface area contributed by atoms with Crippen LogP contribution < -0.4 is 5.32 Å². The lowest BCUT2D eigenvalue weighted by Crippen LogP contribution is -2.41. The van der Waals surface area contributed by atoms with Gasteiger partial charge in [0.15, 0.2) is 0 Å². The number of carbonyl (C=O) groups is 1. The van der Waals surface area contributed by atoms with Crippen molar-refractivity contribution >= 4 is 21.8 Å². The first-order valence-corrected chi connectivity index (χ1v) is 7.92. The number of amides is 1. The van der Waals surface area contributed by atoms with Gasteiger partial charge in [0, 0.05) is 10.9 Å². The van der Waals surface area contributed by atoms with E-state index in [0.717, 1.165) is 38.2 Å². The van der Waals surface area contributed by atoms with Crippen LogP contribution in [0.3, 0.4) is 0 Å². The molecule has 0 spiro atoms. The fourth-order valence-electron chi connectivity index (χ4n) is 2.60. The summed E-state index contributed by atoms with van der Waals surface area (Å²) in [5.74, 6) is -0.653. The number of hydrogen-bond donors (Lipinski definition) is 1. The third-order valence-corrected chi connectivity index (χ3v) is 4.82. The molecule has 2 nitrogen and oxygen atoms in total. The van der Waals surface area contributed by atoms with Gasteiger partial charge in [-0.05, 0) is 25.0 Å². The highest BCUT2D eigenvalue weighted by Crippen LogP contribution is 2.32. The van der Waals surface area contributed by atoms with Gasteiger partial charge in [-0.15, -0.1) is 0 Å². The molecular weight excluding hydrogens is 347 g/mol. The van der Waals surface area contributed by atoms with E-state index in [1.807, 2.05) is 0 Å². The van der Waals surface area contributed by atoms with E-state index < -0.39 is 17.6 Å². The number of rotatable bonds is 2. The molecule has 1 aliphatic rings. The lowest BCUT2D eigenvalue weighted by Gasteiger charge is -2.22. The Hall–Kier alpha value is -1.04. The topological polar surface area (TPSA) is 29.1 Å². The van der Waals surface area contributed by atoms with Crippen LogP contribution in [0.15, 0.2) is 24.3 Å². The van der Waals surface area contributed by atoms with Gasteiger partial charge in [-0.3, -0.25) is 4.79 Å². The Kier molecular flexibility index (Phi) is 5.30. The molecule has 2 unspecified atom stereocenters. The normalized spacial score (nSPS) is 23.4. The smallest absolute Gasteiger partial charge is 0.348 e. The van der Waals surface area contributed by atoms with Crippen LogP contribution in [0.2, 0.25) is 0 Å². The molecule has 1 saturated carbocycles. The van der Waals surface area contributed by atoms with Gasteiger partial charge >= 0.3 is 6.18 Å². The molecule has 0 aliphatic heterocycles. The quantitative estimate of drug-likeness (QED) is 0.606. The van der Waals surface area contributed by atoms with E-state index in [0.29, 0.717) is 0 Å². The van der Waals surface area contributed by atoms with Gasteiger partial charge in [-0.1, -0.05) is 47.3 Å². The zero-order chi connectivity index (χ0) is 15.5. The Morgan fingerprint density at radius 3 is 2.52 bits per heavy atom. The van der Waals surface area contributed by atoms with Crippen molar-refractivity contribution < 1.29 is 18.0 Å². The number of nitrogens with one attached hydrogen (secondary N) is 1. The summed E-state index contributed by atoms with van der Waals surface area (Å²) in [5, 5.41) is 2.75. The molecule has 21 heavy (non-hydrogen) atoms. The summed E-state index contributed by atoms with van der Waals surface area (Å²) in [4.78, 5) is 12.3. The highest BCUT2D eigenvalue weighted by atomic mass is 79.9. The SMILES string of the molecule is O=C(NC1CCCCCC1Br)c1ccccc1C(F)(F)F. The summed E-state index contributed by atoms with van der Waals surface area (Å²) < 4.78 is 38.8. The molecule has 0 saturated heterocycles. The fourth-order valence-corrected chi connectivity index (χ4v) is 3.32. The molecule has 1 amide bonds. The van der Waals surface area contributed by atoms with E-state index in [4.69, 9.17) is 0 Å². The fraction of sp³-hybridized carbons (Fsp3) is 0.533. The molecule has 116 valence electrons. The number of alkyl halides is 4. The number of halogens is 4. The van der Waals surface area contributed by atoms with E-state index >= 15 is 0 Å². The van der Waals surface area contributed by atoms with Crippen LogP contribution in [-0.4, -0.2) is 16.8 Å². The second kappa shape index (κ2) is 6.81. The highest BCUT2D eigenvalue weighted by Gasteiger charge is 2.35. The summed E-state index contributed by atoms with van der Waals surface area (Å²) in [6.07, 6.45) is 0.329.